The third-order valence-electron chi connectivity index (χ3n) is 17.1. The van der Waals surface area contributed by atoms with Crippen molar-refractivity contribution in [3.05, 3.63) is 12.2 Å². The van der Waals surface area contributed by atoms with Crippen molar-refractivity contribution in [2.45, 2.75) is 197 Å². The molecule has 5 aliphatic rings. The zero-order chi connectivity index (χ0) is 41.9. The number of carbonyl (C=O) groups excluding carboxylic acids is 3. The van der Waals surface area contributed by atoms with Crippen molar-refractivity contribution in [1.29, 1.82) is 0 Å². The molecule has 7 nitrogen and oxygen atoms in total. The van der Waals surface area contributed by atoms with Gasteiger partial charge in [0.1, 0.15) is 11.7 Å². The molecule has 0 aromatic rings. The van der Waals surface area contributed by atoms with Gasteiger partial charge in [0.2, 0.25) is 0 Å². The molecule has 0 spiro atoms. The largest absolute Gasteiger partial charge is 0.466 e. The Morgan fingerprint density at radius 2 is 1.45 bits per heavy atom. The smallest absolute Gasteiger partial charge is 0.407 e. The monoisotopic (exact) mass is 798 g/mol. The maximum Gasteiger partial charge on any atom is 0.407 e. The quantitative estimate of drug-likeness (QED) is 0.0915. The molecular weight excluding hydrogens is 715 g/mol. The molecule has 5 rings (SSSR count). The van der Waals surface area contributed by atoms with Gasteiger partial charge in [-0.25, -0.2) is 4.79 Å². The van der Waals surface area contributed by atoms with E-state index in [0.29, 0.717) is 42.7 Å². The Labute approximate surface area is 343 Å². The fourth-order valence-corrected chi connectivity index (χ4v) is 14.9. The molecular formula is C48H83NO6Si. The molecule has 0 saturated heterocycles. The molecule has 0 aromatic heterocycles. The summed E-state index contributed by atoms with van der Waals surface area (Å²) in [6.07, 6.45) is 12.9. The Kier molecular flexibility index (Phi) is 12.6. The van der Waals surface area contributed by atoms with Gasteiger partial charge in [0.15, 0.2) is 0 Å². The highest BCUT2D eigenvalue weighted by molar-refractivity contribution is 6.76. The Balaban J connectivity index is 1.28. The van der Waals surface area contributed by atoms with E-state index in [1.165, 1.54) is 56.9 Å². The summed E-state index contributed by atoms with van der Waals surface area (Å²) >= 11 is 0. The van der Waals surface area contributed by atoms with E-state index in [-0.39, 0.29) is 64.1 Å². The molecule has 10 atom stereocenters. The lowest BCUT2D eigenvalue weighted by Crippen LogP contribution is -2.66. The van der Waals surface area contributed by atoms with Gasteiger partial charge in [-0.05, 0) is 161 Å². The fraction of sp³-hybridized carbons (Fsp3) is 0.896. The van der Waals surface area contributed by atoms with Crippen LogP contribution in [0.15, 0.2) is 12.2 Å². The van der Waals surface area contributed by atoms with Gasteiger partial charge in [-0.3, -0.25) is 9.59 Å². The Bertz CT molecular complexity index is 1490. The number of hydrogen-bond acceptors (Lipinski definition) is 6. The highest BCUT2D eigenvalue weighted by Crippen LogP contribution is 2.78. The standard InChI is InChI=1S/C48H83NO6Si/c1-32(2)33-18-23-48(26-27-49-41(52)55-42(3,4)5)25-24-46(11)34(40(33)48)16-17-36-45(10)21-20-37(44(8,9)35(45)19-22-47(36,46)12)54-39(51)31-43(6,7)30-38(50)53-28-29-56(13,14)15/h33-37,40H,1,16-31H2,2-15H3,(H,49,52)/t33-,34?,35?,36?,37-,40?,45-,46+,47+,48+/m0/s1. The number of esters is 2. The second kappa shape index (κ2) is 15.6. The van der Waals surface area contributed by atoms with Crippen LogP contribution in [0.25, 0.3) is 0 Å². The van der Waals surface area contributed by atoms with Crippen LogP contribution < -0.4 is 5.32 Å². The SMILES string of the molecule is C=C(C)[C@@H]1CC[C@]2(CCNC(=O)OC(C)(C)C)CC[C@]3(C)C(CCC4[C@@]5(C)CC[C@H](OC(=O)CC(C)(C)CC(=O)OCC[Si](C)(C)C)C(C)(C)C5CC[C@]43C)C12. The zero-order valence-electron chi connectivity index (χ0n) is 38.4. The average Bonchev–Trinajstić information content (AvgIpc) is 3.41. The molecule has 56 heavy (non-hydrogen) atoms. The van der Waals surface area contributed by atoms with E-state index in [9.17, 15) is 14.4 Å². The molecule has 1 N–H and O–H groups in total. The Morgan fingerprint density at radius 1 is 0.786 bits per heavy atom. The molecule has 1 amide bonds. The van der Waals surface area contributed by atoms with Crippen LogP contribution in [-0.4, -0.2) is 51.0 Å². The van der Waals surface area contributed by atoms with E-state index in [4.69, 9.17) is 14.2 Å². The van der Waals surface area contributed by atoms with Gasteiger partial charge in [0, 0.05) is 20.0 Å². The lowest BCUT2D eigenvalue weighted by molar-refractivity contribution is -0.250. The van der Waals surface area contributed by atoms with E-state index in [0.717, 1.165) is 25.3 Å². The summed E-state index contributed by atoms with van der Waals surface area (Å²) in [6.45, 7) is 37.3. The minimum atomic E-state index is -1.29. The van der Waals surface area contributed by atoms with Crippen LogP contribution in [0.3, 0.4) is 0 Å². The van der Waals surface area contributed by atoms with Crippen molar-refractivity contribution in [3.8, 4) is 0 Å². The van der Waals surface area contributed by atoms with Gasteiger partial charge in [-0.15, -0.1) is 0 Å². The summed E-state index contributed by atoms with van der Waals surface area (Å²) in [4.78, 5) is 39.0. The summed E-state index contributed by atoms with van der Waals surface area (Å²) in [5.41, 5.74) is 1.08. The van der Waals surface area contributed by atoms with E-state index in [2.05, 4.69) is 73.1 Å². The van der Waals surface area contributed by atoms with Crippen LogP contribution in [0.2, 0.25) is 25.7 Å². The van der Waals surface area contributed by atoms with Gasteiger partial charge in [0.25, 0.3) is 0 Å². The molecule has 0 heterocycles. The van der Waals surface area contributed by atoms with E-state index < -0.39 is 19.1 Å². The first kappa shape index (κ1) is 45.3. The summed E-state index contributed by atoms with van der Waals surface area (Å²) in [7, 11) is -1.29. The van der Waals surface area contributed by atoms with E-state index >= 15 is 0 Å². The molecule has 0 radical (unpaired) electrons. The van der Waals surface area contributed by atoms with Gasteiger partial charge in [-0.1, -0.05) is 80.3 Å². The molecule has 0 aliphatic heterocycles. The number of carbonyl (C=O) groups is 3. The van der Waals surface area contributed by atoms with Crippen LogP contribution in [-0.2, 0) is 23.8 Å². The maximum absolute atomic E-state index is 13.6. The predicted octanol–water partition coefficient (Wildman–Crippen LogP) is 12.2. The van der Waals surface area contributed by atoms with Crippen molar-refractivity contribution in [3.63, 3.8) is 0 Å². The second-order valence-corrected chi connectivity index (χ2v) is 29.7. The molecule has 5 fully saturated rings. The number of amides is 1. The number of rotatable bonds is 12. The maximum atomic E-state index is 13.6. The number of ether oxygens (including phenoxy) is 3. The van der Waals surface area contributed by atoms with Crippen molar-refractivity contribution in [1.82, 2.24) is 5.32 Å². The topological polar surface area (TPSA) is 90.9 Å². The normalized spacial score (nSPS) is 37.9. The molecule has 4 unspecified atom stereocenters. The highest BCUT2D eigenvalue weighted by atomic mass is 28.3. The number of allylic oxidation sites excluding steroid dienone is 1. The van der Waals surface area contributed by atoms with Crippen molar-refractivity contribution < 1.29 is 28.6 Å². The van der Waals surface area contributed by atoms with Gasteiger partial charge >= 0.3 is 18.0 Å². The number of alkyl carbamates (subject to hydrolysis) is 1. The van der Waals surface area contributed by atoms with Crippen molar-refractivity contribution in [2.75, 3.05) is 13.2 Å². The zero-order valence-corrected chi connectivity index (χ0v) is 39.4. The molecule has 0 bridgehead atoms. The number of hydrogen-bond donors (Lipinski definition) is 1. The minimum Gasteiger partial charge on any atom is -0.466 e. The number of fused-ring (bicyclic) bond motifs is 7. The molecule has 8 heteroatoms. The fourth-order valence-electron chi connectivity index (χ4n) is 14.2. The molecule has 5 saturated carbocycles. The van der Waals surface area contributed by atoms with Gasteiger partial charge < -0.3 is 19.5 Å². The molecule has 5 aliphatic carbocycles. The summed E-state index contributed by atoms with van der Waals surface area (Å²) < 4.78 is 17.6. The van der Waals surface area contributed by atoms with Gasteiger partial charge in [0.05, 0.1) is 19.4 Å². The lowest BCUT2D eigenvalue weighted by Gasteiger charge is -2.73. The minimum absolute atomic E-state index is 0.122. The number of nitrogens with one attached hydrogen (secondary N) is 1. The highest BCUT2D eigenvalue weighted by Gasteiger charge is 2.71. The third-order valence-corrected chi connectivity index (χ3v) is 18.8. The van der Waals surface area contributed by atoms with Crippen LogP contribution in [0, 0.1) is 62.1 Å². The van der Waals surface area contributed by atoms with Crippen LogP contribution in [0.5, 0.6) is 0 Å². The average molecular weight is 798 g/mol. The van der Waals surface area contributed by atoms with Crippen molar-refractivity contribution >= 4 is 26.1 Å². The first-order chi connectivity index (χ1) is 25.6. The summed E-state index contributed by atoms with van der Waals surface area (Å²) in [6, 6.07) is 0.950. The van der Waals surface area contributed by atoms with Crippen LogP contribution in [0.4, 0.5) is 4.79 Å². The van der Waals surface area contributed by atoms with E-state index in [1.54, 1.807) is 0 Å². The third kappa shape index (κ3) is 8.86. The van der Waals surface area contributed by atoms with E-state index in [1.807, 2.05) is 34.6 Å². The Hall–Kier alpha value is -1.83. The predicted molar refractivity (Wildman–Crippen MR) is 230 cm³/mol. The lowest BCUT2D eigenvalue weighted by atomic mass is 9.32. The first-order valence-electron chi connectivity index (χ1n) is 22.6. The molecule has 0 aromatic carbocycles. The Morgan fingerprint density at radius 3 is 2.07 bits per heavy atom. The van der Waals surface area contributed by atoms with Crippen LogP contribution in [0.1, 0.15) is 160 Å². The summed E-state index contributed by atoms with van der Waals surface area (Å²) in [5, 5.41) is 3.13. The van der Waals surface area contributed by atoms with Gasteiger partial charge in [-0.2, -0.15) is 0 Å². The summed E-state index contributed by atoms with van der Waals surface area (Å²) in [5.74, 6) is 2.50. The van der Waals surface area contributed by atoms with Crippen LogP contribution >= 0.6 is 0 Å². The van der Waals surface area contributed by atoms with Crippen molar-refractivity contribution in [2.24, 2.45) is 62.1 Å². The molecule has 320 valence electrons. The first-order valence-corrected chi connectivity index (χ1v) is 26.3. The second-order valence-electron chi connectivity index (χ2n) is 24.1.